The zero-order valence-electron chi connectivity index (χ0n) is 44.5. The first-order valence-electron chi connectivity index (χ1n) is 28.1. The predicted octanol–water partition coefficient (Wildman–Crippen LogP) is 18.9. The number of allylic oxidation sites excluding steroid dienone is 20. The smallest absolute Gasteiger partial charge is 0.306 e. The summed E-state index contributed by atoms with van der Waals surface area (Å²) in [5, 5.41) is 0. The van der Waals surface area contributed by atoms with E-state index in [1.54, 1.807) is 0 Å². The van der Waals surface area contributed by atoms with Crippen molar-refractivity contribution in [3.8, 4) is 0 Å². The maximum absolute atomic E-state index is 12.8. The summed E-state index contributed by atoms with van der Waals surface area (Å²) in [7, 11) is 0. The molecular formula is C63H102O6. The Balaban J connectivity index is 4.58. The fourth-order valence-electron chi connectivity index (χ4n) is 7.29. The van der Waals surface area contributed by atoms with Crippen molar-refractivity contribution in [1.82, 2.24) is 0 Å². The van der Waals surface area contributed by atoms with Gasteiger partial charge >= 0.3 is 17.9 Å². The van der Waals surface area contributed by atoms with Gasteiger partial charge < -0.3 is 14.2 Å². The van der Waals surface area contributed by atoms with Crippen LogP contribution in [0.3, 0.4) is 0 Å². The van der Waals surface area contributed by atoms with E-state index >= 15 is 0 Å². The average molecular weight is 956 g/mol. The molecule has 0 bridgehead atoms. The van der Waals surface area contributed by atoms with Gasteiger partial charge in [-0.15, -0.1) is 0 Å². The Morgan fingerprint density at radius 3 is 1.10 bits per heavy atom. The quantitative estimate of drug-likeness (QED) is 0.0199. The van der Waals surface area contributed by atoms with E-state index in [1.165, 1.54) is 77.0 Å². The van der Waals surface area contributed by atoms with Gasteiger partial charge in [0, 0.05) is 19.3 Å². The molecule has 0 aliphatic carbocycles. The van der Waals surface area contributed by atoms with Crippen molar-refractivity contribution in [1.29, 1.82) is 0 Å². The van der Waals surface area contributed by atoms with E-state index in [1.807, 2.05) is 12.2 Å². The lowest BCUT2D eigenvalue weighted by atomic mass is 10.1. The van der Waals surface area contributed by atoms with Crippen molar-refractivity contribution in [2.75, 3.05) is 13.2 Å². The van der Waals surface area contributed by atoms with Crippen LogP contribution in [-0.2, 0) is 28.6 Å². The zero-order chi connectivity index (χ0) is 50.0. The molecule has 0 aromatic carbocycles. The standard InChI is InChI=1S/C63H102O6/c1-4-7-10-13-16-19-22-25-28-30-32-34-35-38-41-44-47-50-53-56-62(65)68-59-60(58-67-61(64)55-52-49-46-43-40-37-27-24-21-18-15-12-9-6-3)69-63(66)57-54-51-48-45-42-39-36-33-31-29-26-23-20-17-14-11-8-5-2/h7,10,16,19,23,25-26,28-29,31-34,36-38,40-41,47,50,60H,4-6,8-9,11-15,17-18,20-22,24,27,30,35,39,42-46,48-49,51-59H2,1-3H3/b10-7-,19-16-,26-23-,28-25-,31-29-,34-32-,36-33-,40-37-,41-38-,50-47-. The molecule has 0 fully saturated rings. The highest BCUT2D eigenvalue weighted by Crippen LogP contribution is 2.13. The van der Waals surface area contributed by atoms with Crippen LogP contribution < -0.4 is 0 Å². The summed E-state index contributed by atoms with van der Waals surface area (Å²) < 4.78 is 16.7. The molecule has 6 heteroatoms. The summed E-state index contributed by atoms with van der Waals surface area (Å²) in [6, 6.07) is 0. The normalized spacial score (nSPS) is 13.0. The Hall–Kier alpha value is -4.19. The number of carbonyl (C=O) groups excluding carboxylic acids is 3. The number of esters is 3. The minimum atomic E-state index is -0.829. The third-order valence-electron chi connectivity index (χ3n) is 11.5. The molecule has 390 valence electrons. The predicted molar refractivity (Wildman–Crippen MR) is 297 cm³/mol. The number of unbranched alkanes of at least 4 members (excludes halogenated alkanes) is 20. The van der Waals surface area contributed by atoms with Crippen molar-refractivity contribution in [3.63, 3.8) is 0 Å². The topological polar surface area (TPSA) is 78.9 Å². The molecule has 0 aromatic rings. The first-order valence-corrected chi connectivity index (χ1v) is 28.1. The van der Waals surface area contributed by atoms with Crippen molar-refractivity contribution in [2.24, 2.45) is 0 Å². The van der Waals surface area contributed by atoms with Gasteiger partial charge in [0.15, 0.2) is 6.10 Å². The highest BCUT2D eigenvalue weighted by atomic mass is 16.6. The minimum Gasteiger partial charge on any atom is -0.462 e. The molecular weight excluding hydrogens is 853 g/mol. The Bertz CT molecular complexity index is 1470. The van der Waals surface area contributed by atoms with Crippen LogP contribution in [0.1, 0.15) is 239 Å². The second kappa shape index (κ2) is 56.4. The van der Waals surface area contributed by atoms with Crippen LogP contribution in [0.2, 0.25) is 0 Å². The molecule has 1 unspecified atom stereocenters. The van der Waals surface area contributed by atoms with Crippen molar-refractivity contribution >= 4 is 17.9 Å². The van der Waals surface area contributed by atoms with E-state index in [9.17, 15) is 14.4 Å². The summed E-state index contributed by atoms with van der Waals surface area (Å²) in [5.41, 5.74) is 0. The van der Waals surface area contributed by atoms with Crippen LogP contribution in [0.4, 0.5) is 0 Å². The van der Waals surface area contributed by atoms with Crippen LogP contribution in [0, 0.1) is 0 Å². The van der Waals surface area contributed by atoms with Gasteiger partial charge in [0.25, 0.3) is 0 Å². The second-order valence-electron chi connectivity index (χ2n) is 18.2. The molecule has 0 rings (SSSR count). The molecule has 0 aliphatic heterocycles. The SMILES string of the molecule is CC/C=C\C/C=C\C/C=C\C/C=C\C/C=C\C/C=C\CCC(=O)OCC(COC(=O)CCCCC/C=C\CCCCCCCCC)OC(=O)CCCCCCC\C=C/C=C\C=C/CCCCCCC. The number of rotatable bonds is 49. The largest absolute Gasteiger partial charge is 0.462 e. The molecule has 0 saturated carbocycles. The van der Waals surface area contributed by atoms with Crippen molar-refractivity contribution in [3.05, 3.63) is 122 Å². The molecule has 0 saturated heterocycles. The average Bonchev–Trinajstić information content (AvgIpc) is 3.35. The Morgan fingerprint density at radius 1 is 0.319 bits per heavy atom. The fraction of sp³-hybridized carbons (Fsp3) is 0.635. The molecule has 0 heterocycles. The fourth-order valence-corrected chi connectivity index (χ4v) is 7.29. The summed E-state index contributed by atoms with van der Waals surface area (Å²) in [4.78, 5) is 38.1. The molecule has 0 amide bonds. The molecule has 0 aromatic heterocycles. The lowest BCUT2D eigenvalue weighted by Crippen LogP contribution is -2.30. The Labute approximate surface area is 424 Å². The monoisotopic (exact) mass is 955 g/mol. The summed E-state index contributed by atoms with van der Waals surface area (Å²) in [5.74, 6) is -1.05. The first kappa shape index (κ1) is 64.8. The zero-order valence-corrected chi connectivity index (χ0v) is 44.5. The highest BCUT2D eigenvalue weighted by Gasteiger charge is 2.19. The highest BCUT2D eigenvalue weighted by molar-refractivity contribution is 5.71. The summed E-state index contributed by atoms with van der Waals surface area (Å²) >= 11 is 0. The molecule has 1 atom stereocenters. The maximum Gasteiger partial charge on any atom is 0.306 e. The van der Waals surface area contributed by atoms with Gasteiger partial charge in [-0.2, -0.15) is 0 Å². The number of hydrogen-bond acceptors (Lipinski definition) is 6. The second-order valence-corrected chi connectivity index (χ2v) is 18.2. The molecule has 0 spiro atoms. The lowest BCUT2D eigenvalue weighted by Gasteiger charge is -2.18. The van der Waals surface area contributed by atoms with Crippen LogP contribution in [0.25, 0.3) is 0 Å². The van der Waals surface area contributed by atoms with Gasteiger partial charge in [-0.05, 0) is 109 Å². The van der Waals surface area contributed by atoms with E-state index in [-0.39, 0.29) is 44.0 Å². The third-order valence-corrected chi connectivity index (χ3v) is 11.5. The van der Waals surface area contributed by atoms with Crippen LogP contribution >= 0.6 is 0 Å². The van der Waals surface area contributed by atoms with Gasteiger partial charge in [-0.25, -0.2) is 0 Å². The summed E-state index contributed by atoms with van der Waals surface area (Å²) in [6.07, 6.45) is 77.7. The minimum absolute atomic E-state index is 0.121. The van der Waals surface area contributed by atoms with Crippen molar-refractivity contribution < 1.29 is 28.6 Å². The van der Waals surface area contributed by atoms with E-state index in [4.69, 9.17) is 14.2 Å². The number of carbonyl (C=O) groups is 3. The van der Waals surface area contributed by atoms with Crippen molar-refractivity contribution in [2.45, 2.75) is 245 Å². The number of hydrogen-bond donors (Lipinski definition) is 0. The van der Waals surface area contributed by atoms with Crippen LogP contribution in [0.5, 0.6) is 0 Å². The molecule has 69 heavy (non-hydrogen) atoms. The first-order chi connectivity index (χ1) is 34.0. The van der Waals surface area contributed by atoms with E-state index in [2.05, 4.69) is 130 Å². The Morgan fingerprint density at radius 2 is 0.652 bits per heavy atom. The summed E-state index contributed by atoms with van der Waals surface area (Å²) in [6.45, 7) is 6.40. The Kier molecular flexibility index (Phi) is 53.0. The van der Waals surface area contributed by atoms with Crippen LogP contribution in [-0.4, -0.2) is 37.2 Å². The van der Waals surface area contributed by atoms with Crippen LogP contribution in [0.15, 0.2) is 122 Å². The van der Waals surface area contributed by atoms with Gasteiger partial charge in [0.1, 0.15) is 13.2 Å². The van der Waals surface area contributed by atoms with Gasteiger partial charge in [0.2, 0.25) is 0 Å². The van der Waals surface area contributed by atoms with E-state index < -0.39 is 6.10 Å². The maximum atomic E-state index is 12.8. The van der Waals surface area contributed by atoms with E-state index in [0.29, 0.717) is 12.8 Å². The van der Waals surface area contributed by atoms with E-state index in [0.717, 1.165) is 116 Å². The molecule has 0 N–H and O–H groups in total. The lowest BCUT2D eigenvalue weighted by molar-refractivity contribution is -0.166. The van der Waals surface area contributed by atoms with Gasteiger partial charge in [-0.1, -0.05) is 232 Å². The van der Waals surface area contributed by atoms with Gasteiger partial charge in [0.05, 0.1) is 0 Å². The number of ether oxygens (including phenoxy) is 3. The molecule has 6 nitrogen and oxygen atoms in total. The molecule has 0 aliphatic rings. The molecule has 0 radical (unpaired) electrons. The third kappa shape index (κ3) is 54.6. The van der Waals surface area contributed by atoms with Gasteiger partial charge in [-0.3, -0.25) is 14.4 Å².